The topological polar surface area (TPSA) is 68.2 Å². The molecule has 0 spiro atoms. The van der Waals surface area contributed by atoms with Crippen LogP contribution >= 0.6 is 0 Å². The fourth-order valence-corrected chi connectivity index (χ4v) is 38.6. The van der Waals surface area contributed by atoms with Crippen molar-refractivity contribution >= 4 is 36.8 Å². The van der Waals surface area contributed by atoms with Crippen LogP contribution in [0, 0.1) is 0 Å². The summed E-state index contributed by atoms with van der Waals surface area (Å²) in [5.41, 5.74) is 0. The van der Waals surface area contributed by atoms with Crippen molar-refractivity contribution in [1.82, 2.24) is 0 Å². The van der Waals surface area contributed by atoms with Crippen LogP contribution in [0.2, 0.25) is 35.5 Å². The predicted molar refractivity (Wildman–Crippen MR) is 216 cm³/mol. The molecule has 0 aromatic rings. The van der Waals surface area contributed by atoms with Crippen LogP contribution in [0.4, 0.5) is 0 Å². The molecule has 0 aromatic carbocycles. The molecule has 2 fully saturated rings. The van der Waals surface area contributed by atoms with Crippen molar-refractivity contribution in [2.24, 2.45) is 0 Å². The number of hydrogen-bond acceptors (Lipinski definition) is 5. The van der Waals surface area contributed by atoms with E-state index < -0.39 is 49.0 Å². The first kappa shape index (κ1) is 45.7. The third kappa shape index (κ3) is 17.5. The number of fused-ring (bicyclic) bond motifs is 2. The van der Waals surface area contributed by atoms with Crippen molar-refractivity contribution in [3.8, 4) is 0 Å². The van der Waals surface area contributed by atoms with Crippen LogP contribution in [0.15, 0.2) is 24.7 Å². The Morgan fingerprint density at radius 3 is 1.08 bits per heavy atom. The van der Waals surface area contributed by atoms with Crippen LogP contribution in [0.1, 0.15) is 157 Å². The van der Waals surface area contributed by atoms with Gasteiger partial charge in [0.25, 0.3) is 0 Å². The number of hydrogen-bond donors (Lipinski definition) is 2. The van der Waals surface area contributed by atoms with E-state index in [0.717, 1.165) is 12.8 Å². The summed E-state index contributed by atoms with van der Waals surface area (Å²) in [5, 5.41) is 21.4. The number of rotatable bonds is 26. The normalized spacial score (nSPS) is 25.6. The van der Waals surface area contributed by atoms with E-state index >= 15 is 0 Å². The molecule has 6 atom stereocenters. The zero-order valence-corrected chi connectivity index (χ0v) is 39.0. The molecule has 2 rings (SSSR count). The van der Waals surface area contributed by atoms with Crippen molar-refractivity contribution in [2.75, 3.05) is 0 Å². The predicted octanol–water partition coefficient (Wildman–Crippen LogP) is 12.3. The average molecular weight is 905 g/mol. The van der Waals surface area contributed by atoms with E-state index in [0.29, 0.717) is 25.7 Å². The van der Waals surface area contributed by atoms with Gasteiger partial charge in [-0.2, -0.15) is 0 Å². The van der Waals surface area contributed by atoms with Crippen molar-refractivity contribution in [1.29, 1.82) is 0 Å². The van der Waals surface area contributed by atoms with Gasteiger partial charge in [0.1, 0.15) is 0 Å². The summed E-state index contributed by atoms with van der Waals surface area (Å²) in [5.74, 6) is 0. The second-order valence-electron chi connectivity index (χ2n) is 16.2. The standard InChI is InChI=1S/C18H28O5.6C4H9.2Sn/c1-3-11-21-15-9-10-16(22-12-4-2)18-8-6-14(20)13(19)5-7-17(15)23-18;6*1-3-4-2;;/h3-4,11-20H,1-2,5-10H2;6*1,3-4H2,2H3;;/b11-3-,12-4-;;;;;;;;/t13?,14?,15-,16+,17+,18-;;;;;;;;. The van der Waals surface area contributed by atoms with Gasteiger partial charge in [0.15, 0.2) is 0 Å². The molecule has 0 aromatic heterocycles. The molecule has 2 saturated heterocycles. The first-order valence-corrected chi connectivity index (χ1v) is 37.6. The summed E-state index contributed by atoms with van der Waals surface area (Å²) < 4.78 is 31.7. The van der Waals surface area contributed by atoms with Crippen molar-refractivity contribution in [2.45, 2.75) is 229 Å². The average Bonchev–Trinajstić information content (AvgIpc) is 3.24. The van der Waals surface area contributed by atoms with Gasteiger partial charge in [-0.05, 0) is 0 Å². The molecule has 7 heteroatoms. The molecule has 2 N–H and O–H groups in total. The Kier molecular flexibility index (Phi) is 25.4. The SMILES string of the molecule is CCC[CH2][Sn]([CH2]/C=C\O[C@H]1CC[C@@H](O/C=C\[CH2][Sn]([CH2]CCC)([CH2]CCC)[CH2]CCC)[C@@H]2CCC(O)C(O)CC[C@H]1O2)([CH2]CCC)[CH2]CCC. The molecule has 0 saturated carbocycles. The van der Waals surface area contributed by atoms with Gasteiger partial charge < -0.3 is 0 Å². The molecule has 0 amide bonds. The second-order valence-corrected chi connectivity index (χ2v) is 44.2. The van der Waals surface area contributed by atoms with E-state index in [-0.39, 0.29) is 24.4 Å². The van der Waals surface area contributed by atoms with Crippen molar-refractivity contribution in [3.05, 3.63) is 24.7 Å². The Morgan fingerprint density at radius 2 is 0.796 bits per heavy atom. The Hall–Kier alpha value is 0.557. The molecule has 2 aliphatic heterocycles. The van der Waals surface area contributed by atoms with E-state index in [1.807, 2.05) is 12.5 Å². The fraction of sp³-hybridized carbons (Fsp3) is 0.905. The van der Waals surface area contributed by atoms with Crippen LogP contribution in [-0.4, -0.2) is 83.6 Å². The second kappa shape index (κ2) is 27.2. The van der Waals surface area contributed by atoms with E-state index in [9.17, 15) is 10.2 Å². The minimum atomic E-state index is -2.26. The molecule has 2 heterocycles. The number of ether oxygens (including phenoxy) is 3. The van der Waals surface area contributed by atoms with Gasteiger partial charge in [-0.25, -0.2) is 0 Å². The molecule has 5 nitrogen and oxygen atoms in total. The fourth-order valence-electron chi connectivity index (χ4n) is 8.56. The Balaban J connectivity index is 2.18. The monoisotopic (exact) mass is 906 g/mol. The van der Waals surface area contributed by atoms with Gasteiger partial charge in [0.05, 0.1) is 0 Å². The molecule has 0 radical (unpaired) electrons. The van der Waals surface area contributed by atoms with Crippen LogP contribution < -0.4 is 0 Å². The van der Waals surface area contributed by atoms with Gasteiger partial charge in [0.2, 0.25) is 0 Å². The number of aliphatic hydroxyl groups excluding tert-OH is 2. The molecule has 2 aliphatic rings. The van der Waals surface area contributed by atoms with Crippen LogP contribution in [0.5, 0.6) is 0 Å². The molecular weight excluding hydrogens is 822 g/mol. The van der Waals surface area contributed by atoms with E-state index in [1.54, 1.807) is 0 Å². The number of allylic oxidation sites excluding steroid dienone is 2. The number of aliphatic hydroxyl groups is 2. The van der Waals surface area contributed by atoms with Gasteiger partial charge >= 0.3 is 315 Å². The summed E-state index contributed by atoms with van der Waals surface area (Å²) in [6.07, 6.45) is 27.6. The van der Waals surface area contributed by atoms with Crippen molar-refractivity contribution < 1.29 is 24.4 Å². The van der Waals surface area contributed by atoms with Gasteiger partial charge in [0, 0.05) is 0 Å². The Bertz CT molecular complexity index is 754. The molecule has 0 aliphatic carbocycles. The maximum atomic E-state index is 10.7. The first-order valence-electron chi connectivity index (χ1n) is 21.4. The van der Waals surface area contributed by atoms with Crippen LogP contribution in [0.25, 0.3) is 0 Å². The quantitative estimate of drug-likeness (QED) is 0.0669. The summed E-state index contributed by atoms with van der Waals surface area (Å²) in [6.45, 7) is 14.1. The number of unbranched alkanes of at least 4 members (excludes halogenated alkanes) is 6. The summed E-state index contributed by atoms with van der Waals surface area (Å²) in [7, 11) is 0. The van der Waals surface area contributed by atoms with Crippen LogP contribution in [0.3, 0.4) is 0 Å². The zero-order chi connectivity index (χ0) is 35.8. The Labute approximate surface area is 312 Å². The van der Waals surface area contributed by atoms with Gasteiger partial charge in [-0.15, -0.1) is 0 Å². The van der Waals surface area contributed by atoms with Crippen molar-refractivity contribution in [3.63, 3.8) is 0 Å². The third-order valence-corrected chi connectivity index (χ3v) is 42.5. The van der Waals surface area contributed by atoms with Crippen LogP contribution in [-0.2, 0) is 14.2 Å². The molecule has 2 bridgehead atoms. The molecule has 2 unspecified atom stereocenters. The van der Waals surface area contributed by atoms with E-state index in [1.165, 1.54) is 113 Å². The van der Waals surface area contributed by atoms with Gasteiger partial charge in [-0.1, -0.05) is 0 Å². The molecular formula is C42H82O5Sn2. The summed E-state index contributed by atoms with van der Waals surface area (Å²) in [6, 6.07) is 0. The summed E-state index contributed by atoms with van der Waals surface area (Å²) >= 11 is -4.52. The van der Waals surface area contributed by atoms with Gasteiger partial charge in [-0.3, -0.25) is 0 Å². The van der Waals surface area contributed by atoms with E-state index in [4.69, 9.17) is 14.2 Å². The third-order valence-electron chi connectivity index (χ3n) is 12.0. The first-order chi connectivity index (χ1) is 23.8. The maximum absolute atomic E-state index is 10.7. The molecule has 49 heavy (non-hydrogen) atoms. The zero-order valence-electron chi connectivity index (χ0n) is 33.3. The van der Waals surface area contributed by atoms with E-state index in [2.05, 4.69) is 53.7 Å². The summed E-state index contributed by atoms with van der Waals surface area (Å²) in [4.78, 5) is 0. The Morgan fingerprint density at radius 1 is 0.490 bits per heavy atom. The minimum absolute atomic E-state index is 0.0497. The molecule has 288 valence electrons.